The van der Waals surface area contributed by atoms with E-state index in [9.17, 15) is 9.18 Å². The first-order valence-electron chi connectivity index (χ1n) is 5.95. The Labute approximate surface area is 117 Å². The van der Waals surface area contributed by atoms with Crippen LogP contribution in [-0.4, -0.2) is 23.1 Å². The highest BCUT2D eigenvalue weighted by atomic mass is 79.9. The van der Waals surface area contributed by atoms with Crippen LogP contribution in [0.1, 0.15) is 12.8 Å². The molecule has 0 aliphatic carbocycles. The zero-order valence-corrected chi connectivity index (χ0v) is 11.8. The number of aromatic amines is 1. The number of nitrogens with two attached hydrogens (primary N) is 1. The summed E-state index contributed by atoms with van der Waals surface area (Å²) in [6, 6.07) is 2.66. The number of benzene rings is 1. The SMILES string of the molecule is NCCCCNc1nc2cc(Br)c(F)cc2c(=O)[nH]1. The molecule has 0 fully saturated rings. The molecule has 2 aromatic rings. The van der Waals surface area contributed by atoms with Crippen molar-refractivity contribution in [2.24, 2.45) is 5.73 Å². The maximum atomic E-state index is 13.4. The maximum Gasteiger partial charge on any atom is 0.260 e. The van der Waals surface area contributed by atoms with E-state index in [1.54, 1.807) is 0 Å². The summed E-state index contributed by atoms with van der Waals surface area (Å²) in [4.78, 5) is 18.6. The molecule has 2 rings (SSSR count). The van der Waals surface area contributed by atoms with Gasteiger partial charge in [-0.2, -0.15) is 0 Å². The van der Waals surface area contributed by atoms with Crippen molar-refractivity contribution in [2.75, 3.05) is 18.4 Å². The predicted molar refractivity (Wildman–Crippen MR) is 76.8 cm³/mol. The first-order valence-corrected chi connectivity index (χ1v) is 6.74. The van der Waals surface area contributed by atoms with Crippen LogP contribution in [0.2, 0.25) is 0 Å². The minimum Gasteiger partial charge on any atom is -0.356 e. The standard InChI is InChI=1S/C12H14BrFN4O/c13-8-6-10-7(5-9(8)14)11(19)18-12(17-10)16-4-2-1-3-15/h5-6H,1-4,15H2,(H2,16,17,18,19). The van der Waals surface area contributed by atoms with Gasteiger partial charge in [0, 0.05) is 6.54 Å². The van der Waals surface area contributed by atoms with Crippen molar-refractivity contribution in [3.8, 4) is 0 Å². The normalized spacial score (nSPS) is 10.9. The summed E-state index contributed by atoms with van der Waals surface area (Å²) in [7, 11) is 0. The molecular weight excluding hydrogens is 315 g/mol. The monoisotopic (exact) mass is 328 g/mol. The van der Waals surface area contributed by atoms with Gasteiger partial charge in [0.25, 0.3) is 5.56 Å². The Bertz CT molecular complexity index is 643. The van der Waals surface area contributed by atoms with Gasteiger partial charge in [0.1, 0.15) is 5.82 Å². The largest absolute Gasteiger partial charge is 0.356 e. The molecule has 0 unspecified atom stereocenters. The molecule has 1 aromatic heterocycles. The number of H-pyrrole nitrogens is 1. The summed E-state index contributed by atoms with van der Waals surface area (Å²) >= 11 is 3.08. The van der Waals surface area contributed by atoms with E-state index in [0.29, 0.717) is 24.6 Å². The van der Waals surface area contributed by atoms with Crippen LogP contribution in [0.15, 0.2) is 21.4 Å². The van der Waals surface area contributed by atoms with E-state index in [4.69, 9.17) is 5.73 Å². The lowest BCUT2D eigenvalue weighted by Crippen LogP contribution is -2.14. The van der Waals surface area contributed by atoms with Crippen molar-refractivity contribution < 1.29 is 4.39 Å². The molecule has 0 saturated heterocycles. The Morgan fingerprint density at radius 2 is 2.21 bits per heavy atom. The first kappa shape index (κ1) is 14.0. The third-order valence-electron chi connectivity index (χ3n) is 2.67. The molecule has 0 aliphatic rings. The fourth-order valence-electron chi connectivity index (χ4n) is 1.69. The Hall–Kier alpha value is -1.47. The molecule has 1 aromatic carbocycles. The lowest BCUT2D eigenvalue weighted by atomic mass is 10.2. The topological polar surface area (TPSA) is 83.8 Å². The maximum absolute atomic E-state index is 13.4. The zero-order valence-electron chi connectivity index (χ0n) is 10.2. The molecule has 19 heavy (non-hydrogen) atoms. The Morgan fingerprint density at radius 1 is 1.42 bits per heavy atom. The third kappa shape index (κ3) is 3.30. The van der Waals surface area contributed by atoms with Gasteiger partial charge in [0.15, 0.2) is 0 Å². The Morgan fingerprint density at radius 3 is 2.95 bits per heavy atom. The highest BCUT2D eigenvalue weighted by Crippen LogP contribution is 2.20. The fraction of sp³-hybridized carbons (Fsp3) is 0.333. The van der Waals surface area contributed by atoms with Crippen LogP contribution >= 0.6 is 15.9 Å². The average Bonchev–Trinajstić information content (AvgIpc) is 2.37. The average molecular weight is 329 g/mol. The number of unbranched alkanes of at least 4 members (excludes halogenated alkanes) is 1. The van der Waals surface area contributed by atoms with Gasteiger partial charge in [-0.3, -0.25) is 9.78 Å². The smallest absolute Gasteiger partial charge is 0.260 e. The molecule has 0 amide bonds. The predicted octanol–water partition coefficient (Wildman–Crippen LogP) is 1.98. The van der Waals surface area contributed by atoms with Gasteiger partial charge in [-0.15, -0.1) is 0 Å². The van der Waals surface area contributed by atoms with E-state index < -0.39 is 5.82 Å². The van der Waals surface area contributed by atoms with Gasteiger partial charge in [-0.1, -0.05) is 0 Å². The summed E-state index contributed by atoms with van der Waals surface area (Å²) in [6.45, 7) is 1.31. The molecule has 102 valence electrons. The van der Waals surface area contributed by atoms with Crippen molar-refractivity contribution in [1.82, 2.24) is 9.97 Å². The molecule has 7 heteroatoms. The lowest BCUT2D eigenvalue weighted by Gasteiger charge is -2.06. The molecule has 0 atom stereocenters. The Kier molecular flexibility index (Phi) is 4.49. The summed E-state index contributed by atoms with van der Waals surface area (Å²) in [6.07, 6.45) is 1.80. The van der Waals surface area contributed by atoms with Gasteiger partial charge in [0.2, 0.25) is 5.95 Å². The Balaban J connectivity index is 2.28. The van der Waals surface area contributed by atoms with Gasteiger partial charge < -0.3 is 11.1 Å². The second kappa shape index (κ2) is 6.12. The van der Waals surface area contributed by atoms with E-state index in [2.05, 4.69) is 31.2 Å². The van der Waals surface area contributed by atoms with Crippen LogP contribution in [0.4, 0.5) is 10.3 Å². The lowest BCUT2D eigenvalue weighted by molar-refractivity contribution is 0.623. The number of hydrogen-bond donors (Lipinski definition) is 3. The molecule has 4 N–H and O–H groups in total. The summed E-state index contributed by atoms with van der Waals surface area (Å²) in [5.41, 5.74) is 5.48. The van der Waals surface area contributed by atoms with E-state index in [1.165, 1.54) is 12.1 Å². The summed E-state index contributed by atoms with van der Waals surface area (Å²) in [5.74, 6) is -0.100. The van der Waals surface area contributed by atoms with Gasteiger partial charge in [-0.25, -0.2) is 9.37 Å². The molecular formula is C12H14BrFN4O. The van der Waals surface area contributed by atoms with Crippen LogP contribution in [0, 0.1) is 5.82 Å². The van der Waals surface area contributed by atoms with E-state index >= 15 is 0 Å². The number of hydrogen-bond acceptors (Lipinski definition) is 4. The van der Waals surface area contributed by atoms with Crippen molar-refractivity contribution in [2.45, 2.75) is 12.8 Å². The van der Waals surface area contributed by atoms with Crippen molar-refractivity contribution >= 4 is 32.8 Å². The molecule has 1 heterocycles. The van der Waals surface area contributed by atoms with Crippen LogP contribution in [0.25, 0.3) is 10.9 Å². The number of nitrogens with one attached hydrogen (secondary N) is 2. The first-order chi connectivity index (χ1) is 9.11. The molecule has 0 bridgehead atoms. The number of rotatable bonds is 5. The van der Waals surface area contributed by atoms with E-state index in [1.807, 2.05) is 0 Å². The molecule has 0 spiro atoms. The number of halogens is 2. The van der Waals surface area contributed by atoms with E-state index in [-0.39, 0.29) is 15.4 Å². The van der Waals surface area contributed by atoms with Gasteiger partial charge >= 0.3 is 0 Å². The highest BCUT2D eigenvalue weighted by molar-refractivity contribution is 9.10. The second-order valence-electron chi connectivity index (χ2n) is 4.12. The number of fused-ring (bicyclic) bond motifs is 1. The minimum absolute atomic E-state index is 0.230. The number of aromatic nitrogens is 2. The molecule has 0 radical (unpaired) electrons. The number of nitrogens with zero attached hydrogens (tertiary/aromatic N) is 1. The van der Waals surface area contributed by atoms with Crippen LogP contribution in [-0.2, 0) is 0 Å². The van der Waals surface area contributed by atoms with E-state index in [0.717, 1.165) is 12.8 Å². The molecule has 0 saturated carbocycles. The minimum atomic E-state index is -0.483. The van der Waals surface area contributed by atoms with Gasteiger partial charge in [-0.05, 0) is 47.4 Å². The van der Waals surface area contributed by atoms with Gasteiger partial charge in [0.05, 0.1) is 15.4 Å². The molecule has 5 nitrogen and oxygen atoms in total. The van der Waals surface area contributed by atoms with Crippen molar-refractivity contribution in [3.63, 3.8) is 0 Å². The van der Waals surface area contributed by atoms with Crippen LogP contribution in [0.3, 0.4) is 0 Å². The quantitative estimate of drug-likeness (QED) is 0.733. The summed E-state index contributed by atoms with van der Waals surface area (Å²) < 4.78 is 13.6. The molecule has 0 aliphatic heterocycles. The highest BCUT2D eigenvalue weighted by Gasteiger charge is 2.08. The van der Waals surface area contributed by atoms with Crippen LogP contribution in [0.5, 0.6) is 0 Å². The number of anilines is 1. The second-order valence-corrected chi connectivity index (χ2v) is 4.97. The van der Waals surface area contributed by atoms with Crippen molar-refractivity contribution in [1.29, 1.82) is 0 Å². The summed E-state index contributed by atoms with van der Waals surface area (Å²) in [5, 5.41) is 3.25. The third-order valence-corrected chi connectivity index (χ3v) is 3.28. The zero-order chi connectivity index (χ0) is 13.8. The fourth-order valence-corrected chi connectivity index (χ4v) is 2.03. The van der Waals surface area contributed by atoms with Crippen molar-refractivity contribution in [3.05, 3.63) is 32.8 Å². The van der Waals surface area contributed by atoms with Crippen LogP contribution < -0.4 is 16.6 Å².